The van der Waals surface area contributed by atoms with E-state index in [9.17, 15) is 0 Å². The van der Waals surface area contributed by atoms with Crippen LogP contribution in [0.5, 0.6) is 0 Å². The minimum Gasteiger partial charge on any atom is -0.0622 e. The molecule has 0 nitrogen and oxygen atoms in total. The van der Waals surface area contributed by atoms with E-state index >= 15 is 0 Å². The second-order valence-electron chi connectivity index (χ2n) is 8.37. The van der Waals surface area contributed by atoms with Crippen LogP contribution in [0.1, 0.15) is 44.5 Å². The molecule has 0 aliphatic heterocycles. The summed E-state index contributed by atoms with van der Waals surface area (Å²) < 4.78 is 0. The average molecular weight is 479 g/mol. The van der Waals surface area contributed by atoms with E-state index in [4.69, 9.17) is 0 Å². The highest BCUT2D eigenvalue weighted by Crippen LogP contribution is 2.11. The second-order valence-corrected chi connectivity index (χ2v) is 8.37. The zero-order valence-electron chi connectivity index (χ0n) is 20.7. The van der Waals surface area contributed by atoms with Crippen LogP contribution in [0.25, 0.3) is 0 Å². The summed E-state index contributed by atoms with van der Waals surface area (Å²) in [4.78, 5) is 0. The largest absolute Gasteiger partial charge is 0.0622 e. The van der Waals surface area contributed by atoms with Crippen molar-refractivity contribution in [2.75, 3.05) is 0 Å². The number of rotatable bonds is 0. The zero-order chi connectivity index (χ0) is 25.8. The lowest BCUT2D eigenvalue weighted by Crippen LogP contribution is -1.87. The molecule has 0 heteroatoms. The molecule has 0 spiro atoms. The van der Waals surface area contributed by atoms with Gasteiger partial charge in [0, 0.05) is 44.5 Å². The number of benzene rings is 5. The van der Waals surface area contributed by atoms with Crippen molar-refractivity contribution in [2.45, 2.75) is 0 Å². The van der Waals surface area contributed by atoms with E-state index in [1.165, 1.54) is 0 Å². The van der Waals surface area contributed by atoms with Crippen LogP contribution >= 0.6 is 0 Å². The summed E-state index contributed by atoms with van der Waals surface area (Å²) in [5.74, 6) is 26.2. The lowest BCUT2D eigenvalue weighted by atomic mass is 10.0. The van der Waals surface area contributed by atoms with Gasteiger partial charge in [-0.05, 0) is 60.7 Å². The molecule has 0 aromatic heterocycles. The summed E-state index contributed by atoms with van der Waals surface area (Å²) in [6, 6.07) is 43.8. The molecule has 0 bridgehead atoms. The Hall–Kier alpha value is -5.66. The molecule has 0 fully saturated rings. The highest BCUT2D eigenvalue weighted by molar-refractivity contribution is 5.59. The molecular formula is C38H22. The molecule has 0 radical (unpaired) electrons. The molecule has 5 aromatic carbocycles. The van der Waals surface area contributed by atoms with Gasteiger partial charge in [0.15, 0.2) is 0 Å². The molecule has 5 rings (SSSR count). The van der Waals surface area contributed by atoms with Crippen LogP contribution in [-0.4, -0.2) is 0 Å². The molecule has 0 aliphatic carbocycles. The van der Waals surface area contributed by atoms with Crippen LogP contribution in [0.3, 0.4) is 0 Å². The van der Waals surface area contributed by atoms with Gasteiger partial charge in [-0.15, -0.1) is 0 Å². The van der Waals surface area contributed by atoms with Crippen LogP contribution in [-0.2, 0) is 0 Å². The van der Waals surface area contributed by atoms with Crippen molar-refractivity contribution >= 4 is 0 Å². The fraction of sp³-hybridized carbons (Fsp3) is 0. The molecule has 0 saturated heterocycles. The minimum atomic E-state index is 0.874. The third-order valence-corrected chi connectivity index (χ3v) is 5.68. The molecular weight excluding hydrogens is 456 g/mol. The van der Waals surface area contributed by atoms with E-state index < -0.39 is 0 Å². The monoisotopic (exact) mass is 478 g/mol. The Morgan fingerprint density at radius 2 is 0.421 bits per heavy atom. The zero-order valence-corrected chi connectivity index (χ0v) is 20.7. The lowest BCUT2D eigenvalue weighted by molar-refractivity contribution is 1.55. The third-order valence-electron chi connectivity index (χ3n) is 5.68. The maximum atomic E-state index is 3.32. The van der Waals surface area contributed by atoms with Gasteiger partial charge in [0.05, 0.1) is 0 Å². The molecule has 0 heterocycles. The Labute approximate surface area is 225 Å². The van der Waals surface area contributed by atoms with Crippen LogP contribution in [0.15, 0.2) is 133 Å². The first kappa shape index (κ1) is 24.1. The molecule has 0 amide bonds. The molecule has 5 aromatic rings. The standard InChI is InChI=1S/C38H22/c1-3-13-31(14-4-1)23-25-33-17-7-9-19-35(33)27-29-37-21-11-12-22-38(37)30-28-36-20-10-8-18-34(36)26-24-32-15-5-2-6-16-32/h1-22H. The van der Waals surface area contributed by atoms with Gasteiger partial charge < -0.3 is 0 Å². The molecule has 0 atom stereocenters. The minimum absolute atomic E-state index is 0.874. The number of hydrogen-bond acceptors (Lipinski definition) is 0. The molecule has 0 aliphatic rings. The highest BCUT2D eigenvalue weighted by Gasteiger charge is 1.99. The first-order valence-corrected chi connectivity index (χ1v) is 12.3. The van der Waals surface area contributed by atoms with Crippen molar-refractivity contribution < 1.29 is 0 Å². The molecule has 174 valence electrons. The fourth-order valence-corrected chi connectivity index (χ4v) is 3.69. The Morgan fingerprint density at radius 3 is 0.684 bits per heavy atom. The van der Waals surface area contributed by atoms with Gasteiger partial charge in [-0.25, -0.2) is 0 Å². The normalized spacial score (nSPS) is 9.26. The average Bonchev–Trinajstić information content (AvgIpc) is 2.99. The van der Waals surface area contributed by atoms with Gasteiger partial charge in [0.25, 0.3) is 0 Å². The quantitative estimate of drug-likeness (QED) is 0.205. The molecule has 38 heavy (non-hydrogen) atoms. The van der Waals surface area contributed by atoms with Crippen molar-refractivity contribution in [1.82, 2.24) is 0 Å². The Bertz CT molecular complexity index is 1670. The van der Waals surface area contributed by atoms with E-state index in [1.54, 1.807) is 0 Å². The van der Waals surface area contributed by atoms with Crippen molar-refractivity contribution in [3.63, 3.8) is 0 Å². The highest BCUT2D eigenvalue weighted by atomic mass is 14.0. The first-order valence-electron chi connectivity index (χ1n) is 12.3. The van der Waals surface area contributed by atoms with Crippen molar-refractivity contribution in [3.05, 3.63) is 178 Å². The summed E-state index contributed by atoms with van der Waals surface area (Å²) in [6.45, 7) is 0. The van der Waals surface area contributed by atoms with E-state index in [2.05, 4.69) is 47.4 Å². The Balaban J connectivity index is 1.44. The van der Waals surface area contributed by atoms with Gasteiger partial charge in [-0.2, -0.15) is 0 Å². The van der Waals surface area contributed by atoms with E-state index in [-0.39, 0.29) is 0 Å². The predicted octanol–water partition coefficient (Wildman–Crippen LogP) is 7.29. The van der Waals surface area contributed by atoms with Crippen molar-refractivity contribution in [2.24, 2.45) is 0 Å². The van der Waals surface area contributed by atoms with Crippen molar-refractivity contribution in [3.8, 4) is 47.4 Å². The SMILES string of the molecule is C(#Cc1ccccc1C#Cc1ccccc1C#Cc1ccccc1C#Cc1ccccc1)c1ccccc1. The van der Waals surface area contributed by atoms with Gasteiger partial charge in [-0.3, -0.25) is 0 Å². The fourth-order valence-electron chi connectivity index (χ4n) is 3.69. The molecule has 0 N–H and O–H groups in total. The van der Waals surface area contributed by atoms with Gasteiger partial charge in [0.2, 0.25) is 0 Å². The summed E-state index contributed by atoms with van der Waals surface area (Å²) in [6.07, 6.45) is 0. The Kier molecular flexibility index (Phi) is 7.81. The first-order chi connectivity index (χ1) is 18.8. The van der Waals surface area contributed by atoms with Crippen LogP contribution < -0.4 is 0 Å². The van der Waals surface area contributed by atoms with Crippen molar-refractivity contribution in [1.29, 1.82) is 0 Å². The second kappa shape index (κ2) is 12.3. The number of hydrogen-bond donors (Lipinski definition) is 0. The summed E-state index contributed by atoms with van der Waals surface area (Å²) in [7, 11) is 0. The van der Waals surface area contributed by atoms with Crippen LogP contribution in [0.4, 0.5) is 0 Å². The molecule has 0 unspecified atom stereocenters. The lowest BCUT2D eigenvalue weighted by Gasteiger charge is -1.98. The topological polar surface area (TPSA) is 0 Å². The maximum absolute atomic E-state index is 3.32. The van der Waals surface area contributed by atoms with E-state index in [0.29, 0.717) is 0 Å². The predicted molar refractivity (Wildman–Crippen MR) is 156 cm³/mol. The Morgan fingerprint density at radius 1 is 0.211 bits per heavy atom. The van der Waals surface area contributed by atoms with Gasteiger partial charge >= 0.3 is 0 Å². The summed E-state index contributed by atoms with van der Waals surface area (Å²) in [5.41, 5.74) is 7.28. The summed E-state index contributed by atoms with van der Waals surface area (Å²) >= 11 is 0. The maximum Gasteiger partial charge on any atom is 0.0405 e. The summed E-state index contributed by atoms with van der Waals surface area (Å²) in [5, 5.41) is 0. The van der Waals surface area contributed by atoms with Gasteiger partial charge in [-0.1, -0.05) is 120 Å². The smallest absolute Gasteiger partial charge is 0.0405 e. The third kappa shape index (κ3) is 6.51. The molecule has 0 saturated carbocycles. The van der Waals surface area contributed by atoms with Gasteiger partial charge in [0.1, 0.15) is 0 Å². The van der Waals surface area contributed by atoms with E-state index in [1.807, 2.05) is 133 Å². The van der Waals surface area contributed by atoms with E-state index in [0.717, 1.165) is 44.5 Å². The van der Waals surface area contributed by atoms with Crippen LogP contribution in [0, 0.1) is 47.4 Å². The van der Waals surface area contributed by atoms with Crippen LogP contribution in [0.2, 0.25) is 0 Å².